The van der Waals surface area contributed by atoms with E-state index in [2.05, 4.69) is 29.4 Å². The number of oxazole rings is 1. The van der Waals surface area contributed by atoms with Gasteiger partial charge in [0.05, 0.1) is 12.3 Å². The van der Waals surface area contributed by atoms with Crippen molar-refractivity contribution in [1.82, 2.24) is 10.3 Å². The predicted molar refractivity (Wildman–Crippen MR) is 74.1 cm³/mol. The Morgan fingerprint density at radius 1 is 1.26 bits per heavy atom. The Labute approximate surface area is 113 Å². The Morgan fingerprint density at radius 2 is 2.11 bits per heavy atom. The maximum Gasteiger partial charge on any atom is 0.180 e. The van der Waals surface area contributed by atoms with E-state index in [1.807, 2.05) is 12.1 Å². The lowest BCUT2D eigenvalue weighted by Gasteiger charge is -2.07. The Bertz CT molecular complexity index is 452. The van der Waals surface area contributed by atoms with E-state index < -0.39 is 0 Å². The molecule has 0 aliphatic heterocycles. The van der Waals surface area contributed by atoms with Crippen molar-refractivity contribution >= 4 is 0 Å². The lowest BCUT2D eigenvalue weighted by atomic mass is 10.2. The van der Waals surface area contributed by atoms with E-state index in [1.54, 1.807) is 6.26 Å². The van der Waals surface area contributed by atoms with Crippen LogP contribution in [-0.2, 0) is 13.0 Å². The van der Waals surface area contributed by atoms with Crippen LogP contribution in [0.25, 0.3) is 0 Å². The highest BCUT2D eigenvalue weighted by Crippen LogP contribution is 2.12. The second-order valence-electron chi connectivity index (χ2n) is 4.40. The lowest BCUT2D eigenvalue weighted by Crippen LogP contribution is -2.13. The molecule has 0 unspecified atom stereocenters. The van der Waals surface area contributed by atoms with Gasteiger partial charge >= 0.3 is 0 Å². The number of hydrogen-bond acceptors (Lipinski definition) is 4. The van der Waals surface area contributed by atoms with E-state index in [-0.39, 0.29) is 0 Å². The predicted octanol–water partition coefficient (Wildman–Crippen LogP) is 2.80. The molecule has 0 saturated carbocycles. The van der Waals surface area contributed by atoms with Crippen LogP contribution in [0.5, 0.6) is 5.75 Å². The Morgan fingerprint density at radius 3 is 2.79 bits per heavy atom. The van der Waals surface area contributed by atoms with Gasteiger partial charge in [0.1, 0.15) is 12.0 Å². The van der Waals surface area contributed by atoms with Crippen LogP contribution in [0.3, 0.4) is 0 Å². The van der Waals surface area contributed by atoms with Crippen molar-refractivity contribution in [2.75, 3.05) is 13.2 Å². The quantitative estimate of drug-likeness (QED) is 0.741. The third-order valence-electron chi connectivity index (χ3n) is 2.79. The van der Waals surface area contributed by atoms with E-state index in [1.165, 1.54) is 12.0 Å². The molecule has 2 rings (SSSR count). The minimum Gasteiger partial charge on any atom is -0.493 e. The maximum atomic E-state index is 5.66. The summed E-state index contributed by atoms with van der Waals surface area (Å²) in [5, 5.41) is 3.37. The van der Waals surface area contributed by atoms with Crippen molar-refractivity contribution in [2.24, 2.45) is 0 Å². The van der Waals surface area contributed by atoms with Gasteiger partial charge in [-0.05, 0) is 30.7 Å². The molecule has 0 aliphatic carbocycles. The summed E-state index contributed by atoms with van der Waals surface area (Å²) in [6.07, 6.45) is 5.00. The number of nitrogens with zero attached hydrogens (tertiary/aromatic N) is 1. The van der Waals surface area contributed by atoms with Crippen LogP contribution in [0.4, 0.5) is 0 Å². The highest BCUT2D eigenvalue weighted by atomic mass is 16.5. The van der Waals surface area contributed by atoms with Crippen molar-refractivity contribution in [2.45, 2.75) is 26.3 Å². The summed E-state index contributed by atoms with van der Waals surface area (Å²) in [5.41, 5.74) is 2.19. The smallest absolute Gasteiger partial charge is 0.180 e. The van der Waals surface area contributed by atoms with Gasteiger partial charge in [-0.25, -0.2) is 4.98 Å². The monoisotopic (exact) mass is 260 g/mol. The van der Waals surface area contributed by atoms with E-state index in [0.29, 0.717) is 6.61 Å². The minimum atomic E-state index is 0.611. The summed E-state index contributed by atoms with van der Waals surface area (Å²) in [4.78, 5) is 4.05. The van der Waals surface area contributed by atoms with Crippen LogP contribution >= 0.6 is 0 Å². The normalized spacial score (nSPS) is 10.6. The first-order valence-electron chi connectivity index (χ1n) is 6.68. The highest BCUT2D eigenvalue weighted by molar-refractivity contribution is 5.27. The summed E-state index contributed by atoms with van der Waals surface area (Å²) in [7, 11) is 0. The van der Waals surface area contributed by atoms with Gasteiger partial charge in [0.25, 0.3) is 0 Å². The fourth-order valence-electron chi connectivity index (χ4n) is 1.75. The minimum absolute atomic E-state index is 0.611. The first-order valence-corrected chi connectivity index (χ1v) is 6.68. The SMILES string of the molecule is CCCNCc1ccc(OCCc2cocn2)cc1. The van der Waals surface area contributed by atoms with Gasteiger partial charge in [-0.2, -0.15) is 0 Å². The molecular formula is C15H20N2O2. The molecule has 1 N–H and O–H groups in total. The van der Waals surface area contributed by atoms with Crippen molar-refractivity contribution in [3.8, 4) is 5.75 Å². The van der Waals surface area contributed by atoms with Gasteiger partial charge in [0, 0.05) is 13.0 Å². The molecule has 1 aromatic carbocycles. The van der Waals surface area contributed by atoms with Gasteiger partial charge in [-0.3, -0.25) is 0 Å². The molecule has 19 heavy (non-hydrogen) atoms. The largest absolute Gasteiger partial charge is 0.493 e. The molecule has 0 saturated heterocycles. The molecule has 102 valence electrons. The summed E-state index contributed by atoms with van der Waals surface area (Å²) in [6, 6.07) is 8.19. The molecule has 0 radical (unpaired) electrons. The van der Waals surface area contributed by atoms with Crippen molar-refractivity contribution < 1.29 is 9.15 Å². The second kappa shape index (κ2) is 7.59. The summed E-state index contributed by atoms with van der Waals surface area (Å²) >= 11 is 0. The van der Waals surface area contributed by atoms with Crippen molar-refractivity contribution in [1.29, 1.82) is 0 Å². The van der Waals surface area contributed by atoms with E-state index >= 15 is 0 Å². The Hall–Kier alpha value is -1.81. The fourth-order valence-corrected chi connectivity index (χ4v) is 1.75. The summed E-state index contributed by atoms with van der Waals surface area (Å²) in [5.74, 6) is 0.891. The first kappa shape index (κ1) is 13.6. The molecule has 4 heteroatoms. The van der Waals surface area contributed by atoms with Crippen LogP contribution in [0.15, 0.2) is 41.3 Å². The number of rotatable bonds is 8. The van der Waals surface area contributed by atoms with Crippen molar-refractivity contribution in [3.05, 3.63) is 48.2 Å². The van der Waals surface area contributed by atoms with Crippen molar-refractivity contribution in [3.63, 3.8) is 0 Å². The molecule has 4 nitrogen and oxygen atoms in total. The highest BCUT2D eigenvalue weighted by Gasteiger charge is 1.98. The molecular weight excluding hydrogens is 240 g/mol. The first-order chi connectivity index (χ1) is 9.38. The third kappa shape index (κ3) is 4.75. The van der Waals surface area contributed by atoms with E-state index in [4.69, 9.17) is 9.15 Å². The molecule has 0 atom stereocenters. The average molecular weight is 260 g/mol. The Balaban J connectivity index is 1.72. The number of hydrogen-bond donors (Lipinski definition) is 1. The zero-order valence-corrected chi connectivity index (χ0v) is 11.3. The average Bonchev–Trinajstić information content (AvgIpc) is 2.94. The zero-order chi connectivity index (χ0) is 13.3. The molecule has 2 aromatic rings. The number of nitrogens with one attached hydrogen (secondary N) is 1. The third-order valence-corrected chi connectivity index (χ3v) is 2.79. The van der Waals surface area contributed by atoms with Gasteiger partial charge in [0.15, 0.2) is 6.39 Å². The van der Waals surface area contributed by atoms with Crippen LogP contribution < -0.4 is 10.1 Å². The van der Waals surface area contributed by atoms with E-state index in [0.717, 1.165) is 37.4 Å². The number of benzene rings is 1. The van der Waals surface area contributed by atoms with Gasteiger partial charge in [-0.15, -0.1) is 0 Å². The van der Waals surface area contributed by atoms with E-state index in [9.17, 15) is 0 Å². The van der Waals surface area contributed by atoms with Crippen LogP contribution in [0, 0.1) is 0 Å². The van der Waals surface area contributed by atoms with Crippen LogP contribution in [0.2, 0.25) is 0 Å². The summed E-state index contributed by atoms with van der Waals surface area (Å²) < 4.78 is 10.6. The Kier molecular flexibility index (Phi) is 5.44. The maximum absolute atomic E-state index is 5.66. The van der Waals surface area contributed by atoms with Gasteiger partial charge in [0.2, 0.25) is 0 Å². The molecule has 1 heterocycles. The van der Waals surface area contributed by atoms with Gasteiger partial charge < -0.3 is 14.5 Å². The zero-order valence-electron chi connectivity index (χ0n) is 11.3. The second-order valence-corrected chi connectivity index (χ2v) is 4.40. The lowest BCUT2D eigenvalue weighted by molar-refractivity contribution is 0.320. The van der Waals surface area contributed by atoms with Gasteiger partial charge in [-0.1, -0.05) is 19.1 Å². The molecule has 0 aliphatic rings. The topological polar surface area (TPSA) is 47.3 Å². The fraction of sp³-hybridized carbons (Fsp3) is 0.400. The number of ether oxygens (including phenoxy) is 1. The molecule has 0 bridgehead atoms. The standard InChI is InChI=1S/C15H20N2O2/c1-2-8-16-10-13-3-5-15(6-4-13)19-9-7-14-11-18-12-17-14/h3-6,11-12,16H,2,7-10H2,1H3. The molecule has 0 spiro atoms. The number of aromatic nitrogens is 1. The molecule has 0 amide bonds. The van der Waals surface area contributed by atoms with Crippen LogP contribution in [-0.4, -0.2) is 18.1 Å². The molecule has 0 fully saturated rings. The van der Waals surface area contributed by atoms with Crippen LogP contribution in [0.1, 0.15) is 24.6 Å². The summed E-state index contributed by atoms with van der Waals surface area (Å²) in [6.45, 7) is 4.74. The molecule has 1 aromatic heterocycles.